The van der Waals surface area contributed by atoms with E-state index < -0.39 is 0 Å². The Labute approximate surface area is 153 Å². The number of ether oxygens (including phenoxy) is 1. The standard InChI is InChI=1S/C20H24N4O2/c1-20(2)11-15-16(12-21)19(23-14-7-4-3-5-8-14)24-18(17(15)13-26-20)22-9-6-10-25/h3-5,7-8,25H,6,9-11,13H2,1-2H3,(H2,22,23,24)/p+1. The molecule has 1 aliphatic heterocycles. The molecule has 26 heavy (non-hydrogen) atoms. The number of aliphatic hydroxyl groups excluding tert-OH is 1. The molecule has 6 heteroatoms. The molecule has 0 radical (unpaired) electrons. The average Bonchev–Trinajstić information content (AvgIpc) is 2.62. The summed E-state index contributed by atoms with van der Waals surface area (Å²) in [6.07, 6.45) is 1.31. The molecular formula is C20H25N4O2+. The number of hydrogen-bond acceptors (Lipinski definition) is 5. The molecule has 1 aromatic carbocycles. The zero-order valence-corrected chi connectivity index (χ0v) is 15.2. The molecule has 3 rings (SSSR count). The van der Waals surface area contributed by atoms with Crippen molar-refractivity contribution in [3.63, 3.8) is 0 Å². The quantitative estimate of drug-likeness (QED) is 0.695. The molecule has 0 saturated heterocycles. The fraction of sp³-hybridized carbons (Fsp3) is 0.400. The van der Waals surface area contributed by atoms with E-state index in [1.54, 1.807) is 0 Å². The van der Waals surface area contributed by atoms with E-state index in [-0.39, 0.29) is 12.2 Å². The van der Waals surface area contributed by atoms with Gasteiger partial charge in [-0.1, -0.05) is 18.2 Å². The lowest BCUT2D eigenvalue weighted by Crippen LogP contribution is -2.35. The van der Waals surface area contributed by atoms with Crippen LogP contribution in [0.25, 0.3) is 0 Å². The van der Waals surface area contributed by atoms with E-state index in [1.807, 2.05) is 44.2 Å². The van der Waals surface area contributed by atoms with Crippen LogP contribution in [0, 0.1) is 11.3 Å². The van der Waals surface area contributed by atoms with Gasteiger partial charge in [-0.3, -0.25) is 5.32 Å². The summed E-state index contributed by atoms with van der Waals surface area (Å²) in [6, 6.07) is 12.1. The molecule has 0 amide bonds. The number of nitrogens with zero attached hydrogens (tertiary/aromatic N) is 1. The number of nitrogens with one attached hydrogen (secondary N) is 3. The van der Waals surface area contributed by atoms with Crippen molar-refractivity contribution in [1.82, 2.24) is 0 Å². The Hall–Kier alpha value is -2.62. The molecule has 1 aliphatic rings. The van der Waals surface area contributed by atoms with Crippen molar-refractivity contribution in [3.8, 4) is 6.07 Å². The molecule has 0 unspecified atom stereocenters. The van der Waals surface area contributed by atoms with Gasteiger partial charge in [0.05, 0.1) is 30.0 Å². The highest BCUT2D eigenvalue weighted by Crippen LogP contribution is 2.35. The van der Waals surface area contributed by atoms with Gasteiger partial charge in [0.15, 0.2) is 0 Å². The summed E-state index contributed by atoms with van der Waals surface area (Å²) < 4.78 is 5.96. The van der Waals surface area contributed by atoms with Crippen molar-refractivity contribution in [2.45, 2.75) is 38.9 Å². The van der Waals surface area contributed by atoms with E-state index >= 15 is 0 Å². The van der Waals surface area contributed by atoms with Gasteiger partial charge in [-0.2, -0.15) is 5.26 Å². The monoisotopic (exact) mass is 353 g/mol. The number of aliphatic hydroxyl groups is 1. The predicted molar refractivity (Wildman–Crippen MR) is 100 cm³/mol. The number of rotatable bonds is 6. The van der Waals surface area contributed by atoms with Crippen molar-refractivity contribution >= 4 is 17.3 Å². The van der Waals surface area contributed by atoms with Crippen LogP contribution in [0.4, 0.5) is 17.3 Å². The molecule has 0 saturated carbocycles. The zero-order valence-electron chi connectivity index (χ0n) is 15.2. The van der Waals surface area contributed by atoms with Crippen LogP contribution in [0.2, 0.25) is 0 Å². The maximum absolute atomic E-state index is 9.82. The molecular weight excluding hydrogens is 328 g/mol. The van der Waals surface area contributed by atoms with E-state index in [0.29, 0.717) is 37.4 Å². The fourth-order valence-corrected chi connectivity index (χ4v) is 3.14. The topological polar surface area (TPSA) is 91.5 Å². The predicted octanol–water partition coefficient (Wildman–Crippen LogP) is 2.76. The number of anilines is 3. The minimum atomic E-state index is -0.313. The van der Waals surface area contributed by atoms with E-state index in [4.69, 9.17) is 9.84 Å². The average molecular weight is 353 g/mol. The Bertz CT molecular complexity index is 813. The SMILES string of the molecule is CC1(C)Cc2c(C#N)c(Nc3ccccc3)[nH+]c(NCCCO)c2CO1. The molecule has 4 N–H and O–H groups in total. The smallest absolute Gasteiger partial charge is 0.242 e. The van der Waals surface area contributed by atoms with Gasteiger partial charge in [-0.15, -0.1) is 0 Å². The second kappa shape index (κ2) is 7.73. The third-order valence-electron chi connectivity index (χ3n) is 4.47. The molecule has 0 aliphatic carbocycles. The highest BCUT2D eigenvalue weighted by molar-refractivity contribution is 5.66. The van der Waals surface area contributed by atoms with Crippen LogP contribution < -0.4 is 15.6 Å². The van der Waals surface area contributed by atoms with Crippen molar-refractivity contribution in [1.29, 1.82) is 5.26 Å². The zero-order chi connectivity index (χ0) is 18.6. The lowest BCUT2D eigenvalue weighted by molar-refractivity contribution is -0.345. The Balaban J connectivity index is 2.05. The van der Waals surface area contributed by atoms with Crippen molar-refractivity contribution < 1.29 is 14.8 Å². The normalized spacial score (nSPS) is 15.0. The first kappa shape index (κ1) is 18.2. The number of H-pyrrole nitrogens is 1. The second-order valence-electron chi connectivity index (χ2n) is 7.04. The van der Waals surface area contributed by atoms with Crippen molar-refractivity contribution in [2.75, 3.05) is 23.8 Å². The maximum atomic E-state index is 9.82. The Morgan fingerprint density at radius 1 is 1.23 bits per heavy atom. The third-order valence-corrected chi connectivity index (χ3v) is 4.47. The number of pyridine rings is 1. The minimum Gasteiger partial charge on any atom is -0.396 e. The van der Waals surface area contributed by atoms with Gasteiger partial charge >= 0.3 is 0 Å². The van der Waals surface area contributed by atoms with Gasteiger partial charge in [0.25, 0.3) is 0 Å². The highest BCUT2D eigenvalue weighted by atomic mass is 16.5. The molecule has 6 nitrogen and oxygen atoms in total. The Morgan fingerprint density at radius 3 is 2.69 bits per heavy atom. The summed E-state index contributed by atoms with van der Waals surface area (Å²) in [4.78, 5) is 3.32. The number of nitriles is 1. The largest absolute Gasteiger partial charge is 0.396 e. The number of fused-ring (bicyclic) bond motifs is 1. The summed E-state index contributed by atoms with van der Waals surface area (Å²) in [7, 11) is 0. The number of hydrogen-bond donors (Lipinski definition) is 3. The molecule has 0 bridgehead atoms. The Morgan fingerprint density at radius 2 is 2.00 bits per heavy atom. The van der Waals surface area contributed by atoms with Crippen LogP contribution in [0.15, 0.2) is 30.3 Å². The number of para-hydroxylation sites is 1. The molecule has 0 fully saturated rings. The molecule has 0 atom stereocenters. The summed E-state index contributed by atoms with van der Waals surface area (Å²) in [5.41, 5.74) is 3.21. The first-order valence-corrected chi connectivity index (χ1v) is 8.86. The van der Waals surface area contributed by atoms with E-state index in [0.717, 1.165) is 22.6 Å². The van der Waals surface area contributed by atoms with E-state index in [2.05, 4.69) is 21.7 Å². The Kier molecular flexibility index (Phi) is 5.40. The van der Waals surface area contributed by atoms with Gasteiger partial charge in [0, 0.05) is 19.4 Å². The number of aromatic amines is 1. The summed E-state index contributed by atoms with van der Waals surface area (Å²) in [5, 5.41) is 25.5. The van der Waals surface area contributed by atoms with Crippen molar-refractivity contribution in [2.24, 2.45) is 0 Å². The van der Waals surface area contributed by atoms with E-state index in [9.17, 15) is 5.26 Å². The van der Waals surface area contributed by atoms with Crippen LogP contribution in [0.5, 0.6) is 0 Å². The number of benzene rings is 1. The van der Waals surface area contributed by atoms with Gasteiger partial charge in [-0.25, -0.2) is 4.98 Å². The first-order chi connectivity index (χ1) is 12.5. The van der Waals surface area contributed by atoms with Crippen LogP contribution in [-0.2, 0) is 17.8 Å². The lowest BCUT2D eigenvalue weighted by Gasteiger charge is -2.32. The van der Waals surface area contributed by atoms with Crippen LogP contribution in [-0.4, -0.2) is 23.9 Å². The first-order valence-electron chi connectivity index (χ1n) is 8.86. The third kappa shape index (κ3) is 3.96. The van der Waals surface area contributed by atoms with Gasteiger partial charge in [-0.05, 0) is 31.5 Å². The minimum absolute atomic E-state index is 0.129. The molecule has 2 aromatic rings. The van der Waals surface area contributed by atoms with Crippen LogP contribution >= 0.6 is 0 Å². The summed E-state index contributed by atoms with van der Waals surface area (Å²) >= 11 is 0. The molecule has 1 aromatic heterocycles. The summed E-state index contributed by atoms with van der Waals surface area (Å²) in [6.45, 7) is 5.29. The van der Waals surface area contributed by atoms with Crippen LogP contribution in [0.1, 0.15) is 37.0 Å². The molecule has 136 valence electrons. The number of aromatic nitrogens is 1. The van der Waals surface area contributed by atoms with Gasteiger partial charge in [0.2, 0.25) is 11.6 Å². The highest BCUT2D eigenvalue weighted by Gasteiger charge is 2.33. The van der Waals surface area contributed by atoms with Crippen LogP contribution in [0.3, 0.4) is 0 Å². The maximum Gasteiger partial charge on any atom is 0.242 e. The van der Waals surface area contributed by atoms with E-state index in [1.165, 1.54) is 0 Å². The van der Waals surface area contributed by atoms with Crippen molar-refractivity contribution in [3.05, 3.63) is 47.0 Å². The lowest BCUT2D eigenvalue weighted by atomic mass is 9.89. The van der Waals surface area contributed by atoms with Gasteiger partial charge < -0.3 is 15.2 Å². The second-order valence-corrected chi connectivity index (χ2v) is 7.04. The molecule has 2 heterocycles. The molecule has 0 spiro atoms. The summed E-state index contributed by atoms with van der Waals surface area (Å²) in [5.74, 6) is 1.50. The fourth-order valence-electron chi connectivity index (χ4n) is 3.14. The van der Waals surface area contributed by atoms with Gasteiger partial charge in [0.1, 0.15) is 11.6 Å².